The zero-order chi connectivity index (χ0) is 11.8. The topological polar surface area (TPSA) is 93.1 Å². The zero-order valence-electron chi connectivity index (χ0n) is 8.60. The first-order valence-corrected chi connectivity index (χ1v) is 4.41. The molecule has 0 rings (SSSR count). The lowest BCUT2D eigenvalue weighted by atomic mass is 10.1. The Morgan fingerprint density at radius 1 is 1.33 bits per heavy atom. The summed E-state index contributed by atoms with van der Waals surface area (Å²) in [4.78, 5) is 29.5. The van der Waals surface area contributed by atoms with Gasteiger partial charge >= 0.3 is 11.9 Å². The van der Waals surface area contributed by atoms with Crippen LogP contribution in [0.4, 0.5) is 0 Å². The maximum absolute atomic E-state index is 10.4. The summed E-state index contributed by atoms with van der Waals surface area (Å²) in [6.45, 7) is 4.14. The zero-order valence-corrected chi connectivity index (χ0v) is 8.60. The first-order chi connectivity index (χ1) is 6.93. The number of carbonyl (C=O) groups is 2. The van der Waals surface area contributed by atoms with Gasteiger partial charge in [-0.1, -0.05) is 13.8 Å². The predicted molar refractivity (Wildman–Crippen MR) is 49.8 cm³/mol. The van der Waals surface area contributed by atoms with E-state index in [1.165, 1.54) is 0 Å². The minimum absolute atomic E-state index is 0.210. The summed E-state index contributed by atoms with van der Waals surface area (Å²) in [6.07, 6.45) is 1.12. The Kier molecular flexibility index (Phi) is 6.12. The summed E-state index contributed by atoms with van der Waals surface area (Å²) >= 11 is 0. The average Bonchev–Trinajstić information content (AvgIpc) is 2.08. The highest BCUT2D eigenvalue weighted by Crippen LogP contribution is 2.03. The summed E-state index contributed by atoms with van der Waals surface area (Å²) in [6, 6.07) is 0. The molecule has 6 nitrogen and oxygen atoms in total. The van der Waals surface area contributed by atoms with Crippen LogP contribution in [-0.4, -0.2) is 28.8 Å². The van der Waals surface area contributed by atoms with Crippen molar-refractivity contribution in [3.05, 3.63) is 11.8 Å². The molecule has 0 saturated carbocycles. The molecule has 0 saturated heterocycles. The van der Waals surface area contributed by atoms with Crippen molar-refractivity contribution < 1.29 is 29.6 Å². The number of carboxylic acid groups (broad SMARTS) is 2. The van der Waals surface area contributed by atoms with Crippen LogP contribution in [0.25, 0.3) is 0 Å². The van der Waals surface area contributed by atoms with Gasteiger partial charge in [0.25, 0.3) is 5.76 Å². The first kappa shape index (κ1) is 13.4. The molecule has 2 N–H and O–H groups in total. The third-order valence-corrected chi connectivity index (χ3v) is 1.39. The fraction of sp³-hybridized carbons (Fsp3) is 0.556. The summed E-state index contributed by atoms with van der Waals surface area (Å²) in [5.74, 6) is -3.24. The van der Waals surface area contributed by atoms with Gasteiger partial charge in [0.1, 0.15) is 0 Å². The van der Waals surface area contributed by atoms with Crippen molar-refractivity contribution in [2.75, 3.05) is 6.61 Å². The molecule has 0 bridgehead atoms. The van der Waals surface area contributed by atoms with Gasteiger partial charge < -0.3 is 15.1 Å². The Morgan fingerprint density at radius 2 is 1.93 bits per heavy atom. The van der Waals surface area contributed by atoms with E-state index in [9.17, 15) is 9.59 Å². The molecule has 0 aromatic rings. The molecule has 0 heterocycles. The highest BCUT2D eigenvalue weighted by atomic mass is 17.2. The van der Waals surface area contributed by atoms with E-state index in [1.54, 1.807) is 0 Å². The van der Waals surface area contributed by atoms with Crippen molar-refractivity contribution in [2.45, 2.75) is 20.3 Å². The molecule has 0 atom stereocenters. The molecule has 0 aliphatic rings. The minimum Gasteiger partial charge on any atom is -0.478 e. The van der Waals surface area contributed by atoms with Crippen LogP contribution >= 0.6 is 0 Å². The fourth-order valence-corrected chi connectivity index (χ4v) is 0.623. The lowest BCUT2D eigenvalue weighted by Crippen LogP contribution is -2.09. The second-order valence-electron chi connectivity index (χ2n) is 3.24. The van der Waals surface area contributed by atoms with Crippen LogP contribution in [0.15, 0.2) is 11.8 Å². The van der Waals surface area contributed by atoms with E-state index in [4.69, 9.17) is 10.2 Å². The number of hydrogen-bond acceptors (Lipinski definition) is 4. The Hall–Kier alpha value is -1.56. The van der Waals surface area contributed by atoms with E-state index in [2.05, 4.69) is 9.78 Å². The molecule has 0 fully saturated rings. The van der Waals surface area contributed by atoms with Gasteiger partial charge in [0, 0.05) is 0 Å². The molecule has 0 aromatic heterocycles. The molecule has 0 aliphatic carbocycles. The summed E-state index contributed by atoms with van der Waals surface area (Å²) in [5.41, 5.74) is 0. The van der Waals surface area contributed by atoms with Gasteiger partial charge in [0.15, 0.2) is 0 Å². The predicted octanol–water partition coefficient (Wildman–Crippen LogP) is 1.03. The molecular formula is C9H14O6. The summed E-state index contributed by atoms with van der Waals surface area (Å²) in [7, 11) is 0. The van der Waals surface area contributed by atoms with Gasteiger partial charge in [-0.05, 0) is 12.3 Å². The highest BCUT2D eigenvalue weighted by molar-refractivity contribution is 5.92. The van der Waals surface area contributed by atoms with Crippen molar-refractivity contribution in [1.82, 2.24) is 0 Å². The average molecular weight is 218 g/mol. The number of carboxylic acids is 2. The Labute approximate surface area is 87.0 Å². The molecule has 15 heavy (non-hydrogen) atoms. The Balaban J connectivity index is 3.99. The van der Waals surface area contributed by atoms with Crippen molar-refractivity contribution in [3.8, 4) is 0 Å². The third-order valence-electron chi connectivity index (χ3n) is 1.39. The van der Waals surface area contributed by atoms with Gasteiger partial charge in [-0.25, -0.2) is 9.59 Å². The van der Waals surface area contributed by atoms with Crippen LogP contribution in [0.2, 0.25) is 0 Å². The summed E-state index contributed by atoms with van der Waals surface area (Å²) in [5, 5.41) is 16.8. The molecule has 0 aliphatic heterocycles. The quantitative estimate of drug-likeness (QED) is 0.218. The van der Waals surface area contributed by atoms with Crippen LogP contribution in [0.3, 0.4) is 0 Å². The van der Waals surface area contributed by atoms with Gasteiger partial charge in [0.2, 0.25) is 0 Å². The van der Waals surface area contributed by atoms with Crippen LogP contribution in [0.1, 0.15) is 20.3 Å². The van der Waals surface area contributed by atoms with Gasteiger partial charge in [-0.2, -0.15) is 4.89 Å². The molecule has 0 unspecified atom stereocenters. The van der Waals surface area contributed by atoms with E-state index in [0.29, 0.717) is 18.4 Å². The normalized spacial score (nSPS) is 11.5. The highest BCUT2D eigenvalue weighted by Gasteiger charge is 2.12. The maximum Gasteiger partial charge on any atom is 0.375 e. The van der Waals surface area contributed by atoms with Crippen LogP contribution in [0.5, 0.6) is 0 Å². The first-order valence-electron chi connectivity index (χ1n) is 4.41. The van der Waals surface area contributed by atoms with E-state index < -0.39 is 17.7 Å². The second kappa shape index (κ2) is 6.83. The molecule has 0 aromatic carbocycles. The lowest BCUT2D eigenvalue weighted by Gasteiger charge is -2.06. The van der Waals surface area contributed by atoms with Crippen molar-refractivity contribution in [3.63, 3.8) is 0 Å². The maximum atomic E-state index is 10.4. The SMILES string of the molecule is CC(C)CCOO/C(=C/C(=O)O)C(=O)O. The molecule has 0 spiro atoms. The van der Waals surface area contributed by atoms with E-state index in [0.717, 1.165) is 0 Å². The van der Waals surface area contributed by atoms with Crippen molar-refractivity contribution >= 4 is 11.9 Å². The minimum atomic E-state index is -1.48. The number of hydrogen-bond donors (Lipinski definition) is 2. The van der Waals surface area contributed by atoms with Crippen LogP contribution in [-0.2, 0) is 19.4 Å². The summed E-state index contributed by atoms with van der Waals surface area (Å²) < 4.78 is 0. The van der Waals surface area contributed by atoms with Crippen LogP contribution in [0, 0.1) is 5.92 Å². The molecule has 0 radical (unpaired) electrons. The lowest BCUT2D eigenvalue weighted by molar-refractivity contribution is -0.264. The van der Waals surface area contributed by atoms with Crippen molar-refractivity contribution in [1.29, 1.82) is 0 Å². The van der Waals surface area contributed by atoms with E-state index in [-0.39, 0.29) is 6.61 Å². The van der Waals surface area contributed by atoms with E-state index in [1.807, 2.05) is 13.8 Å². The molecule has 0 amide bonds. The second-order valence-corrected chi connectivity index (χ2v) is 3.24. The molecular weight excluding hydrogens is 204 g/mol. The van der Waals surface area contributed by atoms with Gasteiger partial charge in [0.05, 0.1) is 12.7 Å². The van der Waals surface area contributed by atoms with Gasteiger partial charge in [-0.15, -0.1) is 0 Å². The number of aliphatic carboxylic acids is 2. The van der Waals surface area contributed by atoms with Crippen LogP contribution < -0.4 is 0 Å². The third kappa shape index (κ3) is 7.51. The molecule has 6 heteroatoms. The number of rotatable bonds is 7. The largest absolute Gasteiger partial charge is 0.478 e. The Bertz CT molecular complexity index is 255. The van der Waals surface area contributed by atoms with E-state index >= 15 is 0 Å². The standard InChI is InChI=1S/C9H14O6/c1-6(2)3-4-14-15-7(9(12)13)5-8(10)11/h5-6H,3-4H2,1-2H3,(H,10,11)(H,12,13)/b7-5+. The Morgan fingerprint density at radius 3 is 2.33 bits per heavy atom. The fourth-order valence-electron chi connectivity index (χ4n) is 0.623. The van der Waals surface area contributed by atoms with Crippen molar-refractivity contribution in [2.24, 2.45) is 5.92 Å². The molecule has 86 valence electrons. The smallest absolute Gasteiger partial charge is 0.375 e. The monoisotopic (exact) mass is 218 g/mol. The van der Waals surface area contributed by atoms with Gasteiger partial charge in [-0.3, -0.25) is 0 Å².